The van der Waals surface area contributed by atoms with Gasteiger partial charge in [0.15, 0.2) is 0 Å². The molecule has 1 amide bonds. The molecule has 116 valence electrons. The molecule has 1 saturated heterocycles. The molecule has 4 nitrogen and oxygen atoms in total. The summed E-state index contributed by atoms with van der Waals surface area (Å²) in [5, 5.41) is 7.56. The zero-order valence-corrected chi connectivity index (χ0v) is 12.8. The molecule has 2 atom stereocenters. The second kappa shape index (κ2) is 5.89. The number of amides is 1. The van der Waals surface area contributed by atoms with Crippen LogP contribution in [0.4, 0.5) is 5.69 Å². The molecule has 0 spiro atoms. The molecule has 0 bridgehead atoms. The topological polar surface area (TPSA) is 56.9 Å². The van der Waals surface area contributed by atoms with E-state index in [4.69, 9.17) is 0 Å². The number of rotatable bonds is 3. The summed E-state index contributed by atoms with van der Waals surface area (Å²) in [5.41, 5.74) is 3.04. The van der Waals surface area contributed by atoms with Gasteiger partial charge in [0, 0.05) is 30.6 Å². The van der Waals surface area contributed by atoms with Gasteiger partial charge in [0.25, 0.3) is 0 Å². The van der Waals surface area contributed by atoms with E-state index in [9.17, 15) is 4.79 Å². The third kappa shape index (κ3) is 2.62. The molecule has 4 rings (SSSR count). The minimum absolute atomic E-state index is 0.0531. The maximum Gasteiger partial charge on any atom is 0.229 e. The number of anilines is 1. The number of carbonyl (C=O) groups is 1. The van der Waals surface area contributed by atoms with Gasteiger partial charge >= 0.3 is 0 Å². The lowest BCUT2D eigenvalue weighted by molar-refractivity contribution is -0.119. The highest BCUT2D eigenvalue weighted by atomic mass is 16.2. The molecular weight excluding hydrogens is 286 g/mol. The van der Waals surface area contributed by atoms with E-state index in [0.29, 0.717) is 6.54 Å². The zero-order chi connectivity index (χ0) is 15.6. The number of aromatic nitrogens is 1. The molecule has 0 radical (unpaired) electrons. The number of hydrogen-bond donors (Lipinski definition) is 3. The molecule has 0 unspecified atom stereocenters. The third-order valence-corrected chi connectivity index (χ3v) is 4.62. The first kappa shape index (κ1) is 14.0. The van der Waals surface area contributed by atoms with Gasteiger partial charge in [-0.05, 0) is 17.7 Å². The predicted molar refractivity (Wildman–Crippen MR) is 92.5 cm³/mol. The summed E-state index contributed by atoms with van der Waals surface area (Å²) < 4.78 is 0. The Morgan fingerprint density at radius 3 is 2.74 bits per heavy atom. The van der Waals surface area contributed by atoms with Crippen molar-refractivity contribution in [2.24, 2.45) is 5.92 Å². The lowest BCUT2D eigenvalue weighted by Gasteiger charge is -2.19. The number of para-hydroxylation sites is 1. The smallest absolute Gasteiger partial charge is 0.229 e. The highest BCUT2D eigenvalue weighted by Gasteiger charge is 2.34. The van der Waals surface area contributed by atoms with Gasteiger partial charge in [-0.1, -0.05) is 42.5 Å². The lowest BCUT2D eigenvalue weighted by Crippen LogP contribution is -2.28. The van der Waals surface area contributed by atoms with Crippen molar-refractivity contribution in [2.75, 3.05) is 18.4 Å². The number of carbonyl (C=O) groups excluding carboxylic acids is 1. The van der Waals surface area contributed by atoms with Crippen LogP contribution in [0.3, 0.4) is 0 Å². The molecule has 0 saturated carbocycles. The number of nitrogens with one attached hydrogen (secondary N) is 3. The van der Waals surface area contributed by atoms with Gasteiger partial charge in [0.05, 0.1) is 17.1 Å². The molecule has 3 aromatic rings. The predicted octanol–water partition coefficient (Wildman–Crippen LogP) is 3.11. The molecule has 1 aromatic heterocycles. The normalized spacial score (nSPS) is 20.7. The van der Waals surface area contributed by atoms with Crippen LogP contribution in [-0.4, -0.2) is 24.0 Å². The second-order valence-corrected chi connectivity index (χ2v) is 6.02. The van der Waals surface area contributed by atoms with Gasteiger partial charge in [-0.3, -0.25) is 4.79 Å². The van der Waals surface area contributed by atoms with E-state index >= 15 is 0 Å². The summed E-state index contributed by atoms with van der Waals surface area (Å²) in [6.07, 6.45) is 1.89. The van der Waals surface area contributed by atoms with E-state index in [1.807, 2.05) is 48.7 Å². The number of fused-ring (bicyclic) bond motifs is 1. The maximum atomic E-state index is 12.8. The Balaban J connectivity index is 1.58. The number of hydrogen-bond acceptors (Lipinski definition) is 2. The molecule has 0 aliphatic carbocycles. The van der Waals surface area contributed by atoms with Crippen molar-refractivity contribution in [3.05, 3.63) is 66.4 Å². The average Bonchev–Trinajstić information content (AvgIpc) is 3.25. The minimum atomic E-state index is -0.0531. The summed E-state index contributed by atoms with van der Waals surface area (Å²) in [4.78, 5) is 16.0. The van der Waals surface area contributed by atoms with E-state index in [1.54, 1.807) is 0 Å². The Labute approximate surface area is 134 Å². The summed E-state index contributed by atoms with van der Waals surface area (Å²) in [7, 11) is 0. The van der Waals surface area contributed by atoms with E-state index in [1.165, 1.54) is 5.56 Å². The summed E-state index contributed by atoms with van der Waals surface area (Å²) in [5.74, 6) is 0.243. The van der Waals surface area contributed by atoms with Gasteiger partial charge in [-0.2, -0.15) is 0 Å². The number of aromatic amines is 1. The van der Waals surface area contributed by atoms with E-state index in [-0.39, 0.29) is 17.7 Å². The van der Waals surface area contributed by atoms with Gasteiger partial charge in [-0.15, -0.1) is 0 Å². The Hall–Kier alpha value is -2.59. The van der Waals surface area contributed by atoms with Gasteiger partial charge in [-0.25, -0.2) is 0 Å². The van der Waals surface area contributed by atoms with Crippen molar-refractivity contribution in [3.8, 4) is 0 Å². The Kier molecular flexibility index (Phi) is 3.60. The standard InChI is InChI=1S/C19H19N3O/c23-19(22-17-8-4-7-14-9-10-21-18(14)17)16-12-20-11-15(16)13-5-2-1-3-6-13/h1-10,15-16,20-21H,11-12H2,(H,22,23)/t15-,16+/m1/s1. The molecule has 23 heavy (non-hydrogen) atoms. The Morgan fingerprint density at radius 1 is 1.00 bits per heavy atom. The van der Waals surface area contributed by atoms with Crippen LogP contribution in [0.5, 0.6) is 0 Å². The van der Waals surface area contributed by atoms with E-state index in [0.717, 1.165) is 23.1 Å². The fourth-order valence-corrected chi connectivity index (χ4v) is 3.42. The Morgan fingerprint density at radius 2 is 1.87 bits per heavy atom. The molecule has 2 aromatic carbocycles. The number of benzene rings is 2. The van der Waals surface area contributed by atoms with Crippen LogP contribution in [0, 0.1) is 5.92 Å². The number of H-pyrrole nitrogens is 1. The molecule has 2 heterocycles. The van der Waals surface area contributed by atoms with Crippen LogP contribution < -0.4 is 10.6 Å². The fourth-order valence-electron chi connectivity index (χ4n) is 3.42. The van der Waals surface area contributed by atoms with Crippen LogP contribution in [0.2, 0.25) is 0 Å². The molecule has 4 heteroatoms. The Bertz CT molecular complexity index is 825. The van der Waals surface area contributed by atoms with Gasteiger partial charge in [0.1, 0.15) is 0 Å². The molecule has 1 fully saturated rings. The lowest BCUT2D eigenvalue weighted by atomic mass is 9.88. The molecular formula is C19H19N3O. The average molecular weight is 305 g/mol. The zero-order valence-electron chi connectivity index (χ0n) is 12.8. The first-order valence-corrected chi connectivity index (χ1v) is 7.95. The van der Waals surface area contributed by atoms with Crippen molar-refractivity contribution in [2.45, 2.75) is 5.92 Å². The largest absolute Gasteiger partial charge is 0.359 e. The quantitative estimate of drug-likeness (QED) is 0.696. The maximum absolute atomic E-state index is 12.8. The van der Waals surface area contributed by atoms with Crippen LogP contribution in [0.1, 0.15) is 11.5 Å². The van der Waals surface area contributed by atoms with E-state index in [2.05, 4.69) is 27.8 Å². The van der Waals surface area contributed by atoms with Crippen LogP contribution in [0.15, 0.2) is 60.8 Å². The molecule has 1 aliphatic rings. The van der Waals surface area contributed by atoms with Crippen LogP contribution >= 0.6 is 0 Å². The van der Waals surface area contributed by atoms with Crippen molar-refractivity contribution < 1.29 is 4.79 Å². The van der Waals surface area contributed by atoms with Crippen molar-refractivity contribution in [3.63, 3.8) is 0 Å². The van der Waals surface area contributed by atoms with Crippen molar-refractivity contribution >= 4 is 22.5 Å². The summed E-state index contributed by atoms with van der Waals surface area (Å²) >= 11 is 0. The highest BCUT2D eigenvalue weighted by molar-refractivity contribution is 6.01. The van der Waals surface area contributed by atoms with Crippen molar-refractivity contribution in [1.82, 2.24) is 10.3 Å². The van der Waals surface area contributed by atoms with Crippen molar-refractivity contribution in [1.29, 1.82) is 0 Å². The van der Waals surface area contributed by atoms with Crippen LogP contribution in [0.25, 0.3) is 10.9 Å². The molecule has 1 aliphatic heterocycles. The highest BCUT2D eigenvalue weighted by Crippen LogP contribution is 2.30. The van der Waals surface area contributed by atoms with Gasteiger partial charge in [0.2, 0.25) is 5.91 Å². The van der Waals surface area contributed by atoms with Gasteiger partial charge < -0.3 is 15.6 Å². The van der Waals surface area contributed by atoms with E-state index < -0.39 is 0 Å². The third-order valence-electron chi connectivity index (χ3n) is 4.62. The minimum Gasteiger partial charge on any atom is -0.359 e. The van der Waals surface area contributed by atoms with Crippen LogP contribution in [-0.2, 0) is 4.79 Å². The second-order valence-electron chi connectivity index (χ2n) is 6.02. The summed E-state index contributed by atoms with van der Waals surface area (Å²) in [6.45, 7) is 1.56. The first-order valence-electron chi connectivity index (χ1n) is 7.95. The summed E-state index contributed by atoms with van der Waals surface area (Å²) in [6, 6.07) is 18.2. The molecule has 3 N–H and O–H groups in total. The fraction of sp³-hybridized carbons (Fsp3) is 0.211. The monoisotopic (exact) mass is 305 g/mol. The first-order chi connectivity index (χ1) is 11.3. The SMILES string of the molecule is O=C(Nc1cccc2cc[nH]c12)[C@H]1CNC[C@@H]1c1ccccc1.